The lowest BCUT2D eigenvalue weighted by atomic mass is 9.91. The molecular weight excluding hydrogens is 372 g/mol. The van der Waals surface area contributed by atoms with Gasteiger partial charge in [0.2, 0.25) is 0 Å². The summed E-state index contributed by atoms with van der Waals surface area (Å²) in [5, 5.41) is 0. The molecule has 0 spiro atoms. The standard InChI is InChI=1S/C23H26O4S/c1-3-18-28(25,26)27-23(24)22(17-15-20-10-6-4-7-11-20)16-14-19(2)21-12-8-5-9-13-21/h3-13,15,17,19,22H,1,14,16,18H2,2H3. The molecule has 0 saturated heterocycles. The van der Waals surface area contributed by atoms with Crippen molar-refractivity contribution < 1.29 is 17.4 Å². The van der Waals surface area contributed by atoms with Gasteiger partial charge in [0.05, 0.1) is 5.92 Å². The van der Waals surface area contributed by atoms with Crippen LogP contribution in [0.25, 0.3) is 6.08 Å². The number of rotatable bonds is 10. The molecule has 0 aliphatic carbocycles. The largest absolute Gasteiger partial charge is 0.345 e. The van der Waals surface area contributed by atoms with E-state index in [1.165, 1.54) is 11.6 Å². The van der Waals surface area contributed by atoms with Gasteiger partial charge in [0.25, 0.3) is 0 Å². The molecule has 0 radical (unpaired) electrons. The van der Waals surface area contributed by atoms with E-state index in [1.807, 2.05) is 66.7 Å². The SMILES string of the molecule is C=CCS(=O)(=O)OC(=O)C(C=Cc1ccccc1)CCC(C)c1ccccc1. The second kappa shape index (κ2) is 10.6. The van der Waals surface area contributed by atoms with E-state index in [0.29, 0.717) is 6.42 Å². The highest BCUT2D eigenvalue weighted by Gasteiger charge is 2.24. The molecule has 0 heterocycles. The van der Waals surface area contributed by atoms with Crippen LogP contribution in [0, 0.1) is 5.92 Å². The Morgan fingerprint density at radius 1 is 1.04 bits per heavy atom. The minimum atomic E-state index is -3.95. The first-order valence-corrected chi connectivity index (χ1v) is 10.8. The Bertz CT molecular complexity index is 887. The number of hydrogen-bond donors (Lipinski definition) is 0. The minimum Gasteiger partial charge on any atom is -0.345 e. The van der Waals surface area contributed by atoms with Gasteiger partial charge >= 0.3 is 16.1 Å². The second-order valence-corrected chi connectivity index (χ2v) is 8.30. The molecule has 2 aromatic rings. The van der Waals surface area contributed by atoms with Crippen LogP contribution in [0.2, 0.25) is 0 Å². The van der Waals surface area contributed by atoms with Gasteiger partial charge in [-0.2, -0.15) is 8.42 Å². The normalized spacial score (nSPS) is 13.8. The smallest absolute Gasteiger partial charge is 0.328 e. The molecule has 0 amide bonds. The van der Waals surface area contributed by atoms with E-state index < -0.39 is 27.8 Å². The van der Waals surface area contributed by atoms with Crippen LogP contribution in [0.15, 0.2) is 79.4 Å². The molecular formula is C23H26O4S. The second-order valence-electron chi connectivity index (χ2n) is 6.68. The molecule has 0 N–H and O–H groups in total. The van der Waals surface area contributed by atoms with Crippen LogP contribution in [-0.4, -0.2) is 20.1 Å². The highest BCUT2D eigenvalue weighted by atomic mass is 32.2. The van der Waals surface area contributed by atoms with Crippen molar-refractivity contribution in [3.05, 3.63) is 90.5 Å². The zero-order valence-corrected chi connectivity index (χ0v) is 16.8. The molecule has 2 aromatic carbocycles. The lowest BCUT2D eigenvalue weighted by molar-refractivity contribution is -0.136. The molecule has 4 nitrogen and oxygen atoms in total. The predicted molar refractivity (Wildman–Crippen MR) is 113 cm³/mol. The first-order valence-electron chi connectivity index (χ1n) is 9.26. The topological polar surface area (TPSA) is 60.4 Å². The van der Waals surface area contributed by atoms with E-state index in [1.54, 1.807) is 6.08 Å². The highest BCUT2D eigenvalue weighted by Crippen LogP contribution is 2.24. The Kier molecular flexibility index (Phi) is 8.20. The Morgan fingerprint density at radius 2 is 1.64 bits per heavy atom. The predicted octanol–water partition coefficient (Wildman–Crippen LogP) is 4.96. The van der Waals surface area contributed by atoms with Crippen LogP contribution in [0.5, 0.6) is 0 Å². The fourth-order valence-corrected chi connectivity index (χ4v) is 3.56. The van der Waals surface area contributed by atoms with Gasteiger partial charge in [0.1, 0.15) is 5.75 Å². The minimum absolute atomic E-state index is 0.242. The summed E-state index contributed by atoms with van der Waals surface area (Å²) in [6.07, 6.45) is 5.96. The van der Waals surface area contributed by atoms with E-state index in [-0.39, 0.29) is 5.92 Å². The van der Waals surface area contributed by atoms with E-state index in [2.05, 4.69) is 13.5 Å². The summed E-state index contributed by atoms with van der Waals surface area (Å²) < 4.78 is 28.5. The Balaban J connectivity index is 2.12. The quantitative estimate of drug-likeness (QED) is 0.419. The lowest BCUT2D eigenvalue weighted by Gasteiger charge is -2.16. The van der Waals surface area contributed by atoms with Crippen LogP contribution < -0.4 is 0 Å². The van der Waals surface area contributed by atoms with Crippen LogP contribution in [0.4, 0.5) is 0 Å². The van der Waals surface area contributed by atoms with Crippen molar-refractivity contribution in [3.63, 3.8) is 0 Å². The third-order valence-electron chi connectivity index (χ3n) is 4.43. The average molecular weight is 399 g/mol. The summed E-state index contributed by atoms with van der Waals surface area (Å²) >= 11 is 0. The molecule has 0 aliphatic rings. The fourth-order valence-electron chi connectivity index (χ4n) is 2.83. The maximum atomic E-state index is 12.5. The van der Waals surface area contributed by atoms with Gasteiger partial charge in [-0.15, -0.1) is 6.58 Å². The number of carbonyl (C=O) groups excluding carboxylic acids is 1. The van der Waals surface area contributed by atoms with Gasteiger partial charge in [0, 0.05) is 0 Å². The van der Waals surface area contributed by atoms with Gasteiger partial charge in [-0.25, -0.2) is 0 Å². The Hall–Kier alpha value is -2.66. The van der Waals surface area contributed by atoms with Crippen molar-refractivity contribution in [2.45, 2.75) is 25.7 Å². The maximum Gasteiger partial charge on any atom is 0.328 e. The van der Waals surface area contributed by atoms with E-state index in [0.717, 1.165) is 12.0 Å². The Labute approximate surface area is 167 Å². The van der Waals surface area contributed by atoms with Gasteiger partial charge in [0.15, 0.2) is 0 Å². The van der Waals surface area contributed by atoms with Crippen molar-refractivity contribution in [3.8, 4) is 0 Å². The zero-order valence-electron chi connectivity index (χ0n) is 16.0. The molecule has 0 fully saturated rings. The number of carbonyl (C=O) groups is 1. The molecule has 2 rings (SSSR count). The van der Waals surface area contributed by atoms with E-state index in [4.69, 9.17) is 4.18 Å². The van der Waals surface area contributed by atoms with E-state index in [9.17, 15) is 13.2 Å². The van der Waals surface area contributed by atoms with Crippen molar-refractivity contribution >= 4 is 22.2 Å². The van der Waals surface area contributed by atoms with Crippen molar-refractivity contribution in [1.29, 1.82) is 0 Å². The lowest BCUT2D eigenvalue weighted by Crippen LogP contribution is -2.22. The molecule has 2 unspecified atom stereocenters. The summed E-state index contributed by atoms with van der Waals surface area (Å²) in [5.41, 5.74) is 2.12. The van der Waals surface area contributed by atoms with Gasteiger partial charge in [-0.3, -0.25) is 4.79 Å². The number of benzene rings is 2. The highest BCUT2D eigenvalue weighted by molar-refractivity contribution is 7.87. The molecule has 2 atom stereocenters. The van der Waals surface area contributed by atoms with Crippen LogP contribution in [0.3, 0.4) is 0 Å². The van der Waals surface area contributed by atoms with Crippen LogP contribution in [0.1, 0.15) is 36.8 Å². The molecule has 0 bridgehead atoms. The average Bonchev–Trinajstić information content (AvgIpc) is 2.68. The fraction of sp³-hybridized carbons (Fsp3) is 0.261. The molecule has 5 heteroatoms. The van der Waals surface area contributed by atoms with Gasteiger partial charge in [-0.05, 0) is 29.9 Å². The first-order chi connectivity index (χ1) is 13.4. The molecule has 0 aromatic heterocycles. The van der Waals surface area contributed by atoms with Crippen LogP contribution in [-0.2, 0) is 19.1 Å². The third kappa shape index (κ3) is 7.16. The van der Waals surface area contributed by atoms with Crippen molar-refractivity contribution in [1.82, 2.24) is 0 Å². The monoisotopic (exact) mass is 398 g/mol. The van der Waals surface area contributed by atoms with Crippen LogP contribution >= 0.6 is 0 Å². The molecule has 0 saturated carbocycles. The van der Waals surface area contributed by atoms with Gasteiger partial charge < -0.3 is 4.18 Å². The van der Waals surface area contributed by atoms with Crippen molar-refractivity contribution in [2.24, 2.45) is 5.92 Å². The number of hydrogen-bond acceptors (Lipinski definition) is 4. The maximum absolute atomic E-state index is 12.5. The third-order valence-corrected chi connectivity index (χ3v) is 5.50. The van der Waals surface area contributed by atoms with Gasteiger partial charge in [-0.1, -0.05) is 85.8 Å². The molecule has 148 valence electrons. The van der Waals surface area contributed by atoms with Crippen molar-refractivity contribution in [2.75, 3.05) is 5.75 Å². The summed E-state index contributed by atoms with van der Waals surface area (Å²) in [5.74, 6) is -1.56. The Morgan fingerprint density at radius 3 is 2.25 bits per heavy atom. The van der Waals surface area contributed by atoms with E-state index >= 15 is 0 Å². The summed E-state index contributed by atoms with van der Waals surface area (Å²) in [4.78, 5) is 12.5. The summed E-state index contributed by atoms with van der Waals surface area (Å²) in [6, 6.07) is 19.6. The summed E-state index contributed by atoms with van der Waals surface area (Å²) in [7, 11) is -3.95. The zero-order chi connectivity index (χ0) is 20.4. The summed E-state index contributed by atoms with van der Waals surface area (Å²) in [6.45, 7) is 5.47. The molecule has 28 heavy (non-hydrogen) atoms. The molecule has 0 aliphatic heterocycles. The first kappa shape index (κ1) is 21.6.